The minimum absolute atomic E-state index is 0.859. The molecule has 1 aromatic rings. The molecule has 2 saturated heterocycles. The molecule has 4 rings (SSSR count). The van der Waals surface area contributed by atoms with Crippen LogP contribution in [0, 0.1) is 11.8 Å². The van der Waals surface area contributed by atoms with E-state index in [9.17, 15) is 0 Å². The summed E-state index contributed by atoms with van der Waals surface area (Å²) < 4.78 is 5.56. The van der Waals surface area contributed by atoms with E-state index in [4.69, 9.17) is 4.74 Å². The molecule has 18 heavy (non-hydrogen) atoms. The van der Waals surface area contributed by atoms with Gasteiger partial charge in [-0.25, -0.2) is 0 Å². The zero-order chi connectivity index (χ0) is 11.9. The van der Waals surface area contributed by atoms with Gasteiger partial charge < -0.3 is 10.1 Å². The van der Waals surface area contributed by atoms with E-state index >= 15 is 0 Å². The van der Waals surface area contributed by atoms with Crippen molar-refractivity contribution in [3.05, 3.63) is 29.3 Å². The van der Waals surface area contributed by atoms with Crippen LogP contribution < -0.4 is 10.1 Å². The second-order valence-corrected chi connectivity index (χ2v) is 5.91. The second-order valence-electron chi connectivity index (χ2n) is 5.91. The Morgan fingerprint density at radius 3 is 2.89 bits per heavy atom. The third-order valence-corrected chi connectivity index (χ3v) is 4.63. The number of nitrogens with zero attached hydrogens (tertiary/aromatic N) is 1. The number of rotatable bonds is 2. The Morgan fingerprint density at radius 2 is 2.06 bits per heavy atom. The van der Waals surface area contributed by atoms with Crippen molar-refractivity contribution in [1.82, 2.24) is 10.2 Å². The summed E-state index contributed by atoms with van der Waals surface area (Å²) in [5.74, 6) is 2.88. The van der Waals surface area contributed by atoms with Crippen LogP contribution in [-0.4, -0.2) is 37.7 Å². The number of fused-ring (bicyclic) bond motifs is 2. The number of benzene rings is 1. The first-order valence-corrected chi connectivity index (χ1v) is 7.06. The predicted octanol–water partition coefficient (Wildman–Crippen LogP) is 1.27. The van der Waals surface area contributed by atoms with E-state index in [1.807, 2.05) is 0 Å². The van der Waals surface area contributed by atoms with Gasteiger partial charge in [0, 0.05) is 26.1 Å². The molecule has 0 unspecified atom stereocenters. The van der Waals surface area contributed by atoms with E-state index in [1.54, 1.807) is 0 Å². The van der Waals surface area contributed by atoms with Gasteiger partial charge in [0.1, 0.15) is 5.75 Å². The highest BCUT2D eigenvalue weighted by molar-refractivity contribution is 5.39. The lowest BCUT2D eigenvalue weighted by molar-refractivity contribution is 0.305. The first kappa shape index (κ1) is 10.8. The maximum atomic E-state index is 5.56. The van der Waals surface area contributed by atoms with Crippen LogP contribution in [0.1, 0.15) is 11.1 Å². The summed E-state index contributed by atoms with van der Waals surface area (Å²) in [5, 5.41) is 3.50. The Kier molecular flexibility index (Phi) is 2.55. The molecule has 3 heterocycles. The predicted molar refractivity (Wildman–Crippen MR) is 70.8 cm³/mol. The zero-order valence-corrected chi connectivity index (χ0v) is 10.7. The summed E-state index contributed by atoms with van der Waals surface area (Å²) in [6.45, 7) is 6.95. The van der Waals surface area contributed by atoms with Crippen LogP contribution in [0.4, 0.5) is 0 Å². The Bertz CT molecular complexity index is 448. The molecule has 0 radical (unpaired) electrons. The number of hydrogen-bond acceptors (Lipinski definition) is 3. The van der Waals surface area contributed by atoms with Crippen molar-refractivity contribution in [2.24, 2.45) is 11.8 Å². The van der Waals surface area contributed by atoms with Crippen LogP contribution in [0.25, 0.3) is 0 Å². The molecule has 3 heteroatoms. The Hall–Kier alpha value is -1.06. The van der Waals surface area contributed by atoms with Gasteiger partial charge in [-0.2, -0.15) is 0 Å². The molecule has 2 fully saturated rings. The number of nitrogens with one attached hydrogen (secondary N) is 1. The quantitative estimate of drug-likeness (QED) is 0.848. The fourth-order valence-corrected chi connectivity index (χ4v) is 3.68. The maximum Gasteiger partial charge on any atom is 0.122 e. The van der Waals surface area contributed by atoms with Gasteiger partial charge in [-0.15, -0.1) is 0 Å². The van der Waals surface area contributed by atoms with Crippen molar-refractivity contribution in [2.75, 3.05) is 32.8 Å². The summed E-state index contributed by atoms with van der Waals surface area (Å²) >= 11 is 0. The first-order valence-electron chi connectivity index (χ1n) is 7.06. The molecule has 0 saturated carbocycles. The minimum Gasteiger partial charge on any atom is -0.493 e. The molecule has 3 aliphatic heterocycles. The molecule has 3 nitrogen and oxygen atoms in total. The van der Waals surface area contributed by atoms with Crippen LogP contribution >= 0.6 is 0 Å². The lowest BCUT2D eigenvalue weighted by atomic mass is 10.0. The molecule has 3 aliphatic rings. The SMILES string of the molecule is c1cc2c(cc1CN1C[C@H]3CNC[C@H]3C1)CCO2. The minimum atomic E-state index is 0.859. The third-order valence-electron chi connectivity index (χ3n) is 4.63. The molecule has 1 N–H and O–H groups in total. The second kappa shape index (κ2) is 4.25. The standard InChI is InChI=1S/C15H20N2O/c1-2-15-12(3-4-18-15)5-11(1)8-17-9-13-6-16-7-14(13)10-17/h1-2,5,13-14,16H,3-4,6-10H2/t13-,14+. The summed E-state index contributed by atoms with van der Waals surface area (Å²) in [7, 11) is 0. The summed E-state index contributed by atoms with van der Waals surface area (Å²) in [5.41, 5.74) is 2.85. The molecule has 0 bridgehead atoms. The van der Waals surface area contributed by atoms with Crippen LogP contribution in [-0.2, 0) is 13.0 Å². The zero-order valence-electron chi connectivity index (χ0n) is 10.7. The van der Waals surface area contributed by atoms with Crippen LogP contribution in [0.3, 0.4) is 0 Å². The van der Waals surface area contributed by atoms with Gasteiger partial charge in [0.2, 0.25) is 0 Å². The van der Waals surface area contributed by atoms with Crippen molar-refractivity contribution in [3.8, 4) is 5.75 Å². The third kappa shape index (κ3) is 1.82. The molecule has 2 atom stereocenters. The fraction of sp³-hybridized carbons (Fsp3) is 0.600. The largest absolute Gasteiger partial charge is 0.493 e. The first-order chi connectivity index (χ1) is 8.88. The van der Waals surface area contributed by atoms with E-state index in [1.165, 1.54) is 37.3 Å². The van der Waals surface area contributed by atoms with Crippen LogP contribution in [0.15, 0.2) is 18.2 Å². The Morgan fingerprint density at radius 1 is 1.22 bits per heavy atom. The van der Waals surface area contributed by atoms with Gasteiger partial charge in [0.15, 0.2) is 0 Å². The number of likely N-dealkylation sites (tertiary alicyclic amines) is 1. The van der Waals surface area contributed by atoms with Gasteiger partial charge in [-0.05, 0) is 42.1 Å². The van der Waals surface area contributed by atoms with Crippen LogP contribution in [0.5, 0.6) is 5.75 Å². The molecular formula is C15H20N2O. The molecule has 1 aromatic carbocycles. The molecular weight excluding hydrogens is 224 g/mol. The van der Waals surface area contributed by atoms with Gasteiger partial charge >= 0.3 is 0 Å². The lowest BCUT2D eigenvalue weighted by Crippen LogP contribution is -2.25. The summed E-state index contributed by atoms with van der Waals surface area (Å²) in [4.78, 5) is 2.62. The van der Waals surface area contributed by atoms with E-state index in [0.717, 1.165) is 37.2 Å². The summed E-state index contributed by atoms with van der Waals surface area (Å²) in [6, 6.07) is 6.72. The van der Waals surface area contributed by atoms with Gasteiger partial charge in [-0.1, -0.05) is 12.1 Å². The van der Waals surface area contributed by atoms with E-state index in [0.29, 0.717) is 0 Å². The molecule has 0 aliphatic carbocycles. The van der Waals surface area contributed by atoms with Crippen molar-refractivity contribution >= 4 is 0 Å². The van der Waals surface area contributed by atoms with Gasteiger partial charge in [0.25, 0.3) is 0 Å². The normalized spacial score (nSPS) is 30.2. The van der Waals surface area contributed by atoms with E-state index in [-0.39, 0.29) is 0 Å². The van der Waals surface area contributed by atoms with E-state index < -0.39 is 0 Å². The summed E-state index contributed by atoms with van der Waals surface area (Å²) in [6.07, 6.45) is 1.08. The molecule has 0 spiro atoms. The maximum absolute atomic E-state index is 5.56. The lowest BCUT2D eigenvalue weighted by Gasteiger charge is -2.17. The number of hydrogen-bond donors (Lipinski definition) is 1. The highest BCUT2D eigenvalue weighted by Crippen LogP contribution is 2.29. The van der Waals surface area contributed by atoms with Crippen molar-refractivity contribution in [1.29, 1.82) is 0 Å². The Balaban J connectivity index is 1.46. The highest BCUT2D eigenvalue weighted by atomic mass is 16.5. The highest BCUT2D eigenvalue weighted by Gasteiger charge is 2.35. The number of ether oxygens (including phenoxy) is 1. The Labute approximate surface area is 108 Å². The van der Waals surface area contributed by atoms with Crippen molar-refractivity contribution < 1.29 is 4.74 Å². The van der Waals surface area contributed by atoms with Crippen molar-refractivity contribution in [3.63, 3.8) is 0 Å². The average molecular weight is 244 g/mol. The smallest absolute Gasteiger partial charge is 0.122 e. The van der Waals surface area contributed by atoms with Crippen molar-refractivity contribution in [2.45, 2.75) is 13.0 Å². The molecule has 0 amide bonds. The molecule has 96 valence electrons. The molecule has 0 aromatic heterocycles. The topological polar surface area (TPSA) is 24.5 Å². The monoisotopic (exact) mass is 244 g/mol. The fourth-order valence-electron chi connectivity index (χ4n) is 3.68. The average Bonchev–Trinajstić information content (AvgIpc) is 3.02. The van der Waals surface area contributed by atoms with Crippen LogP contribution in [0.2, 0.25) is 0 Å². The van der Waals surface area contributed by atoms with E-state index in [2.05, 4.69) is 28.4 Å². The van der Waals surface area contributed by atoms with Gasteiger partial charge in [0.05, 0.1) is 6.61 Å². The van der Waals surface area contributed by atoms with Gasteiger partial charge in [-0.3, -0.25) is 4.90 Å².